The average Bonchev–Trinajstić information content (AvgIpc) is 3.10. The van der Waals surface area contributed by atoms with Crippen LogP contribution in [0.25, 0.3) is 10.2 Å². The number of nitrogens with one attached hydrogen (secondary N) is 1. The Morgan fingerprint density at radius 3 is 2.89 bits per heavy atom. The van der Waals surface area contributed by atoms with E-state index in [0.717, 1.165) is 31.2 Å². The number of carbonyl (C=O) groups excluding carboxylic acids is 1. The summed E-state index contributed by atoms with van der Waals surface area (Å²) in [6.07, 6.45) is 4.14. The lowest BCUT2D eigenvalue weighted by atomic mass is 9.97. The molecule has 0 amide bonds. The van der Waals surface area contributed by atoms with Crippen LogP contribution in [0.5, 0.6) is 0 Å². The third-order valence-corrected chi connectivity index (χ3v) is 7.39. The fourth-order valence-corrected chi connectivity index (χ4v) is 5.70. The number of thiophene rings is 1. The van der Waals surface area contributed by atoms with Gasteiger partial charge in [-0.1, -0.05) is 19.1 Å². The SMILES string of the molecule is CC[S@@](=O)c1ccccc1C(=O)OCc1nc2sc3c(c2c(=O)[nH]1)CCCC3. The first-order valence-corrected chi connectivity index (χ1v) is 11.4. The van der Waals surface area contributed by atoms with Gasteiger partial charge in [-0.2, -0.15) is 0 Å². The summed E-state index contributed by atoms with van der Waals surface area (Å²) in [7, 11) is -1.26. The summed E-state index contributed by atoms with van der Waals surface area (Å²) < 4.78 is 17.5. The number of aryl methyl sites for hydroxylation is 2. The van der Waals surface area contributed by atoms with Gasteiger partial charge in [0, 0.05) is 10.6 Å². The lowest BCUT2D eigenvalue weighted by molar-refractivity contribution is 0.0458. The molecule has 0 saturated heterocycles. The molecule has 146 valence electrons. The number of fused-ring (bicyclic) bond motifs is 3. The van der Waals surface area contributed by atoms with Crippen molar-refractivity contribution in [1.29, 1.82) is 0 Å². The van der Waals surface area contributed by atoms with Crippen molar-refractivity contribution in [2.24, 2.45) is 0 Å². The van der Waals surface area contributed by atoms with Crippen LogP contribution in [-0.2, 0) is 35.0 Å². The van der Waals surface area contributed by atoms with Gasteiger partial charge in [-0.25, -0.2) is 9.78 Å². The second-order valence-corrected chi connectivity index (χ2v) is 9.40. The number of hydrogen-bond acceptors (Lipinski definition) is 6. The molecule has 1 aromatic carbocycles. The molecule has 0 bridgehead atoms. The van der Waals surface area contributed by atoms with E-state index >= 15 is 0 Å². The van der Waals surface area contributed by atoms with Gasteiger partial charge in [0.2, 0.25) is 0 Å². The first-order chi connectivity index (χ1) is 13.6. The van der Waals surface area contributed by atoms with Crippen LogP contribution in [0.2, 0.25) is 0 Å². The van der Waals surface area contributed by atoms with Crippen LogP contribution in [-0.4, -0.2) is 25.9 Å². The summed E-state index contributed by atoms with van der Waals surface area (Å²) in [4.78, 5) is 34.7. The number of rotatable bonds is 5. The maximum atomic E-state index is 12.6. The predicted molar refractivity (Wildman–Crippen MR) is 109 cm³/mol. The topological polar surface area (TPSA) is 89.1 Å². The molecule has 2 aromatic heterocycles. The highest BCUT2D eigenvalue weighted by atomic mass is 32.2. The van der Waals surface area contributed by atoms with Gasteiger partial charge in [-0.05, 0) is 43.4 Å². The summed E-state index contributed by atoms with van der Waals surface area (Å²) >= 11 is 1.56. The van der Waals surface area contributed by atoms with Crippen molar-refractivity contribution in [1.82, 2.24) is 9.97 Å². The van der Waals surface area contributed by atoms with Gasteiger partial charge in [0.25, 0.3) is 5.56 Å². The zero-order valence-electron chi connectivity index (χ0n) is 15.4. The lowest BCUT2D eigenvalue weighted by Gasteiger charge is -2.10. The molecule has 1 N–H and O–H groups in total. The number of esters is 1. The van der Waals surface area contributed by atoms with E-state index in [0.29, 0.717) is 26.7 Å². The molecule has 0 aliphatic heterocycles. The van der Waals surface area contributed by atoms with Crippen molar-refractivity contribution in [3.05, 3.63) is 56.4 Å². The molecule has 6 nitrogen and oxygen atoms in total. The van der Waals surface area contributed by atoms with Crippen LogP contribution < -0.4 is 5.56 Å². The van der Waals surface area contributed by atoms with Gasteiger partial charge in [-0.15, -0.1) is 11.3 Å². The number of aromatic nitrogens is 2. The van der Waals surface area contributed by atoms with Crippen molar-refractivity contribution in [2.45, 2.75) is 44.1 Å². The molecule has 1 aliphatic rings. The second-order valence-electron chi connectivity index (χ2n) is 6.61. The predicted octanol–water partition coefficient (Wildman–Crippen LogP) is 3.35. The number of ether oxygens (including phenoxy) is 1. The van der Waals surface area contributed by atoms with Crippen molar-refractivity contribution < 1.29 is 13.7 Å². The van der Waals surface area contributed by atoms with Crippen LogP contribution in [0.15, 0.2) is 34.0 Å². The Balaban J connectivity index is 1.57. The van der Waals surface area contributed by atoms with E-state index in [9.17, 15) is 13.8 Å². The molecule has 4 rings (SSSR count). The Morgan fingerprint density at radius 2 is 2.07 bits per heavy atom. The average molecular weight is 417 g/mol. The molecule has 0 spiro atoms. The van der Waals surface area contributed by atoms with Crippen LogP contribution in [0.4, 0.5) is 0 Å². The molecular weight excluding hydrogens is 396 g/mol. The number of aromatic amines is 1. The first-order valence-electron chi connectivity index (χ1n) is 9.26. The fraction of sp³-hybridized carbons (Fsp3) is 0.350. The molecular formula is C20H20N2O4S2. The Hall–Kier alpha value is -2.32. The number of carbonyl (C=O) groups is 1. The Labute approximate surface area is 168 Å². The standard InChI is InChI=1S/C20H20N2O4S2/c1-2-28(25)15-10-6-4-8-13(15)20(24)26-11-16-21-18(23)17-12-7-3-5-9-14(12)27-19(17)22-16/h4,6,8,10H,2-3,5,7,9,11H2,1H3,(H,21,22,23)/t28-/m1/s1. The zero-order valence-corrected chi connectivity index (χ0v) is 17.1. The summed E-state index contributed by atoms with van der Waals surface area (Å²) in [5, 5.41) is 0.679. The van der Waals surface area contributed by atoms with E-state index in [1.165, 1.54) is 4.88 Å². The fourth-order valence-electron chi connectivity index (χ4n) is 3.48. The maximum Gasteiger partial charge on any atom is 0.339 e. The van der Waals surface area contributed by atoms with E-state index in [-0.39, 0.29) is 17.7 Å². The molecule has 1 aliphatic carbocycles. The zero-order chi connectivity index (χ0) is 19.7. The van der Waals surface area contributed by atoms with E-state index in [2.05, 4.69) is 9.97 Å². The van der Waals surface area contributed by atoms with Crippen LogP contribution in [0.3, 0.4) is 0 Å². The van der Waals surface area contributed by atoms with Crippen molar-refractivity contribution in [2.75, 3.05) is 5.75 Å². The Bertz CT molecular complexity index is 1130. The number of hydrogen-bond donors (Lipinski definition) is 1. The van der Waals surface area contributed by atoms with Crippen LogP contribution in [0, 0.1) is 0 Å². The van der Waals surface area contributed by atoms with Gasteiger partial charge < -0.3 is 9.72 Å². The number of benzene rings is 1. The summed E-state index contributed by atoms with van der Waals surface area (Å²) in [5.74, 6) is 0.156. The van der Waals surface area contributed by atoms with Gasteiger partial charge in [-0.3, -0.25) is 9.00 Å². The van der Waals surface area contributed by atoms with E-state index < -0.39 is 16.8 Å². The largest absolute Gasteiger partial charge is 0.454 e. The molecule has 8 heteroatoms. The third-order valence-electron chi connectivity index (χ3n) is 4.83. The van der Waals surface area contributed by atoms with Gasteiger partial charge in [0.1, 0.15) is 17.3 Å². The van der Waals surface area contributed by atoms with Crippen LogP contribution in [0.1, 0.15) is 46.4 Å². The second kappa shape index (κ2) is 7.97. The highest BCUT2D eigenvalue weighted by Gasteiger charge is 2.21. The molecule has 2 heterocycles. The smallest absolute Gasteiger partial charge is 0.339 e. The Morgan fingerprint density at radius 1 is 1.29 bits per heavy atom. The highest BCUT2D eigenvalue weighted by molar-refractivity contribution is 7.85. The van der Waals surface area contributed by atoms with Gasteiger partial charge >= 0.3 is 5.97 Å². The molecule has 0 fully saturated rings. The Kier molecular flexibility index (Phi) is 5.41. The molecule has 1 atom stereocenters. The summed E-state index contributed by atoms with van der Waals surface area (Å²) in [6, 6.07) is 6.71. The van der Waals surface area contributed by atoms with Gasteiger partial charge in [0.15, 0.2) is 0 Å². The monoisotopic (exact) mass is 416 g/mol. The first kappa shape index (κ1) is 19.0. The highest BCUT2D eigenvalue weighted by Crippen LogP contribution is 2.33. The minimum Gasteiger partial charge on any atom is -0.454 e. The number of nitrogens with zero attached hydrogens (tertiary/aromatic N) is 1. The lowest BCUT2D eigenvalue weighted by Crippen LogP contribution is -2.16. The quantitative estimate of drug-likeness (QED) is 0.645. The van der Waals surface area contributed by atoms with E-state index in [1.807, 2.05) is 0 Å². The van der Waals surface area contributed by atoms with Crippen molar-refractivity contribution in [3.63, 3.8) is 0 Å². The van der Waals surface area contributed by atoms with Crippen molar-refractivity contribution in [3.8, 4) is 0 Å². The third kappa shape index (κ3) is 3.54. The minimum atomic E-state index is -1.26. The summed E-state index contributed by atoms with van der Waals surface area (Å²) in [6.45, 7) is 1.66. The van der Waals surface area contributed by atoms with Crippen LogP contribution >= 0.6 is 11.3 Å². The molecule has 0 radical (unpaired) electrons. The molecule has 0 saturated carbocycles. The van der Waals surface area contributed by atoms with E-state index in [4.69, 9.17) is 4.74 Å². The normalized spacial score (nSPS) is 14.6. The maximum absolute atomic E-state index is 12.6. The minimum absolute atomic E-state index is 0.139. The molecule has 28 heavy (non-hydrogen) atoms. The summed E-state index contributed by atoms with van der Waals surface area (Å²) in [5.41, 5.74) is 1.22. The van der Waals surface area contributed by atoms with Gasteiger partial charge in [0.05, 0.1) is 26.6 Å². The molecule has 3 aromatic rings. The number of H-pyrrole nitrogens is 1. The van der Waals surface area contributed by atoms with Crippen molar-refractivity contribution >= 4 is 38.3 Å². The molecule has 0 unspecified atom stereocenters. The van der Waals surface area contributed by atoms with E-state index in [1.54, 1.807) is 42.5 Å².